The number of rotatable bonds is 5. The lowest BCUT2D eigenvalue weighted by Crippen LogP contribution is -2.55. The van der Waals surface area contributed by atoms with Crippen LogP contribution < -0.4 is 10.6 Å². The minimum atomic E-state index is 0.110. The van der Waals surface area contributed by atoms with Crippen molar-refractivity contribution in [2.45, 2.75) is 51.5 Å². The van der Waals surface area contributed by atoms with Gasteiger partial charge in [0.05, 0.1) is 0 Å². The minimum absolute atomic E-state index is 0.110. The Hall–Kier alpha value is -0.770. The van der Waals surface area contributed by atoms with Crippen LogP contribution in [-0.4, -0.2) is 43.2 Å². The first-order valence-electron chi connectivity index (χ1n) is 8.91. The lowest BCUT2D eigenvalue weighted by atomic mass is 9.48. The summed E-state index contributed by atoms with van der Waals surface area (Å²) in [4.78, 5) is 13.5. The second-order valence-electron chi connectivity index (χ2n) is 8.17. The Kier molecular flexibility index (Phi) is 3.40. The molecule has 4 bridgehead atoms. The summed E-state index contributed by atoms with van der Waals surface area (Å²) in [5, 5.41) is 6.64. The first-order valence-corrected chi connectivity index (χ1v) is 8.91. The fourth-order valence-electron chi connectivity index (χ4n) is 6.06. The Morgan fingerprint density at radius 3 is 2.38 bits per heavy atom. The SMILES string of the molecule is CC(NCCN1CCNC1=O)C12CC3CC(CC(C3)C1)C2. The molecule has 2 N–H and O–H groups in total. The van der Waals surface area contributed by atoms with Crippen molar-refractivity contribution < 1.29 is 4.79 Å². The number of nitrogens with zero attached hydrogens (tertiary/aromatic N) is 1. The molecule has 1 saturated heterocycles. The van der Waals surface area contributed by atoms with Gasteiger partial charge in [-0.2, -0.15) is 0 Å². The molecule has 1 unspecified atom stereocenters. The molecule has 1 aliphatic heterocycles. The van der Waals surface area contributed by atoms with E-state index in [1.807, 2.05) is 4.90 Å². The maximum absolute atomic E-state index is 11.6. The molecule has 0 spiro atoms. The standard InChI is InChI=1S/C17H29N3O/c1-12(18-2-4-20-5-3-19-16(20)21)17-9-13-6-14(10-17)8-15(7-13)11-17/h12-15,18H,2-11H2,1H3,(H,19,21). The number of nitrogens with one attached hydrogen (secondary N) is 2. The summed E-state index contributed by atoms with van der Waals surface area (Å²) < 4.78 is 0. The third-order valence-electron chi connectivity index (χ3n) is 6.78. The lowest BCUT2D eigenvalue weighted by molar-refractivity contribution is -0.0703. The van der Waals surface area contributed by atoms with Crippen molar-refractivity contribution >= 4 is 6.03 Å². The van der Waals surface area contributed by atoms with E-state index >= 15 is 0 Å². The molecule has 21 heavy (non-hydrogen) atoms. The zero-order chi connectivity index (χ0) is 14.4. The third kappa shape index (κ3) is 2.45. The lowest BCUT2D eigenvalue weighted by Gasteiger charge is -2.59. The molecule has 4 aliphatic carbocycles. The molecule has 0 aromatic carbocycles. The molecular weight excluding hydrogens is 262 g/mol. The summed E-state index contributed by atoms with van der Waals surface area (Å²) in [5.41, 5.74) is 0.571. The van der Waals surface area contributed by atoms with Gasteiger partial charge in [-0.1, -0.05) is 0 Å². The molecule has 0 aromatic rings. The third-order valence-corrected chi connectivity index (χ3v) is 6.78. The highest BCUT2D eigenvalue weighted by Crippen LogP contribution is 2.61. The molecule has 0 aromatic heterocycles. The maximum atomic E-state index is 11.6. The molecule has 4 heteroatoms. The summed E-state index contributed by atoms with van der Waals surface area (Å²) in [5.74, 6) is 3.06. The first-order chi connectivity index (χ1) is 10.1. The predicted octanol–water partition coefficient (Wildman–Crippen LogP) is 2.21. The average Bonchev–Trinajstić information content (AvgIpc) is 2.83. The van der Waals surface area contributed by atoms with E-state index in [0.717, 1.165) is 43.9 Å². The highest BCUT2D eigenvalue weighted by atomic mass is 16.2. The van der Waals surface area contributed by atoms with E-state index in [1.165, 1.54) is 38.5 Å². The summed E-state index contributed by atoms with van der Waals surface area (Å²) in [6.07, 6.45) is 8.91. The van der Waals surface area contributed by atoms with Crippen LogP contribution in [0.1, 0.15) is 45.4 Å². The van der Waals surface area contributed by atoms with E-state index in [2.05, 4.69) is 17.6 Å². The monoisotopic (exact) mass is 291 g/mol. The van der Waals surface area contributed by atoms with Crippen LogP contribution in [0.15, 0.2) is 0 Å². The van der Waals surface area contributed by atoms with Crippen LogP contribution in [0.25, 0.3) is 0 Å². The van der Waals surface area contributed by atoms with Crippen molar-refractivity contribution in [2.75, 3.05) is 26.2 Å². The summed E-state index contributed by atoms with van der Waals surface area (Å²) in [6, 6.07) is 0.718. The Bertz CT molecular complexity index is 387. The molecule has 2 amide bonds. The summed E-state index contributed by atoms with van der Waals surface area (Å²) >= 11 is 0. The van der Waals surface area contributed by atoms with Gasteiger partial charge in [-0.3, -0.25) is 0 Å². The topological polar surface area (TPSA) is 44.4 Å². The van der Waals surface area contributed by atoms with Crippen LogP contribution in [-0.2, 0) is 0 Å². The van der Waals surface area contributed by atoms with E-state index in [1.54, 1.807) is 0 Å². The van der Waals surface area contributed by atoms with Gasteiger partial charge in [0.25, 0.3) is 0 Å². The number of carbonyl (C=O) groups is 1. The zero-order valence-electron chi connectivity index (χ0n) is 13.2. The predicted molar refractivity (Wildman–Crippen MR) is 83.0 cm³/mol. The van der Waals surface area contributed by atoms with Crippen molar-refractivity contribution in [2.24, 2.45) is 23.2 Å². The van der Waals surface area contributed by atoms with Crippen LogP contribution in [0, 0.1) is 23.2 Å². The average molecular weight is 291 g/mol. The Morgan fingerprint density at radius 1 is 1.24 bits per heavy atom. The van der Waals surface area contributed by atoms with E-state index in [4.69, 9.17) is 0 Å². The van der Waals surface area contributed by atoms with Crippen molar-refractivity contribution in [1.82, 2.24) is 15.5 Å². The van der Waals surface area contributed by atoms with Gasteiger partial charge in [0.15, 0.2) is 0 Å². The Balaban J connectivity index is 1.32. The van der Waals surface area contributed by atoms with Crippen molar-refractivity contribution in [1.29, 1.82) is 0 Å². The van der Waals surface area contributed by atoms with Crippen LogP contribution >= 0.6 is 0 Å². The van der Waals surface area contributed by atoms with Crippen LogP contribution in [0.3, 0.4) is 0 Å². The van der Waals surface area contributed by atoms with Crippen molar-refractivity contribution in [3.8, 4) is 0 Å². The first kappa shape index (κ1) is 13.9. The fourth-order valence-corrected chi connectivity index (χ4v) is 6.06. The highest BCUT2D eigenvalue weighted by Gasteiger charge is 2.52. The van der Waals surface area contributed by atoms with Gasteiger partial charge in [-0.25, -0.2) is 4.79 Å². The second kappa shape index (κ2) is 5.15. The highest BCUT2D eigenvalue weighted by molar-refractivity contribution is 5.76. The van der Waals surface area contributed by atoms with Crippen LogP contribution in [0.2, 0.25) is 0 Å². The second-order valence-corrected chi connectivity index (χ2v) is 8.17. The van der Waals surface area contributed by atoms with Gasteiger partial charge >= 0.3 is 6.03 Å². The van der Waals surface area contributed by atoms with Gasteiger partial charge in [0, 0.05) is 32.2 Å². The Morgan fingerprint density at radius 2 is 1.86 bits per heavy atom. The zero-order valence-corrected chi connectivity index (χ0v) is 13.2. The molecule has 1 heterocycles. The van der Waals surface area contributed by atoms with Crippen molar-refractivity contribution in [3.05, 3.63) is 0 Å². The number of hydrogen-bond acceptors (Lipinski definition) is 2. The molecule has 1 atom stereocenters. The smallest absolute Gasteiger partial charge is 0.317 e. The summed E-state index contributed by atoms with van der Waals surface area (Å²) in [7, 11) is 0. The molecule has 4 nitrogen and oxygen atoms in total. The van der Waals surface area contributed by atoms with Gasteiger partial charge in [0.1, 0.15) is 0 Å². The molecule has 4 saturated carbocycles. The van der Waals surface area contributed by atoms with E-state index < -0.39 is 0 Å². The van der Waals surface area contributed by atoms with Gasteiger partial charge in [-0.15, -0.1) is 0 Å². The maximum Gasteiger partial charge on any atom is 0.317 e. The number of carbonyl (C=O) groups excluding carboxylic acids is 1. The largest absolute Gasteiger partial charge is 0.336 e. The number of amides is 2. The molecule has 118 valence electrons. The minimum Gasteiger partial charge on any atom is -0.336 e. The van der Waals surface area contributed by atoms with Crippen LogP contribution in [0.5, 0.6) is 0 Å². The molecule has 0 radical (unpaired) electrons. The van der Waals surface area contributed by atoms with Gasteiger partial charge in [-0.05, 0) is 68.6 Å². The molecule has 5 fully saturated rings. The quantitative estimate of drug-likeness (QED) is 0.815. The normalized spacial score (nSPS) is 42.4. The van der Waals surface area contributed by atoms with Gasteiger partial charge < -0.3 is 15.5 Å². The summed E-state index contributed by atoms with van der Waals surface area (Å²) in [6.45, 7) is 5.87. The van der Waals surface area contributed by atoms with Gasteiger partial charge in [0.2, 0.25) is 0 Å². The molecule has 5 aliphatic rings. The molecule has 5 rings (SSSR count). The van der Waals surface area contributed by atoms with E-state index in [9.17, 15) is 4.79 Å². The number of hydrogen-bond donors (Lipinski definition) is 2. The van der Waals surface area contributed by atoms with Crippen molar-refractivity contribution in [3.63, 3.8) is 0 Å². The van der Waals surface area contributed by atoms with E-state index in [0.29, 0.717) is 11.5 Å². The van der Waals surface area contributed by atoms with E-state index in [-0.39, 0.29) is 6.03 Å². The Labute approximate surface area is 128 Å². The fraction of sp³-hybridized carbons (Fsp3) is 0.941. The molecular formula is C17H29N3O. The number of urea groups is 1. The van der Waals surface area contributed by atoms with Crippen LogP contribution in [0.4, 0.5) is 4.79 Å².